The van der Waals surface area contributed by atoms with E-state index < -0.39 is 5.91 Å². The van der Waals surface area contributed by atoms with E-state index in [9.17, 15) is 4.79 Å². The van der Waals surface area contributed by atoms with E-state index in [1.54, 1.807) is 0 Å². The van der Waals surface area contributed by atoms with Crippen LogP contribution in [-0.2, 0) is 4.79 Å². The number of carbonyl (C=O) groups excluding carboxylic acids is 1. The number of rotatable bonds is 3. The van der Waals surface area contributed by atoms with Crippen LogP contribution in [-0.4, -0.2) is 17.6 Å². The number of unbranched alkanes of at least 4 members (excludes halogenated alkanes) is 1. The van der Waals surface area contributed by atoms with Crippen LogP contribution in [0.4, 0.5) is 0 Å². The summed E-state index contributed by atoms with van der Waals surface area (Å²) in [6.45, 7) is 6.01. The van der Waals surface area contributed by atoms with Crippen molar-refractivity contribution in [2.45, 2.75) is 19.8 Å². The maximum absolute atomic E-state index is 10.3. The fourth-order valence-corrected chi connectivity index (χ4v) is 0.702. The van der Waals surface area contributed by atoms with Crippen LogP contribution in [0.15, 0.2) is 0 Å². The van der Waals surface area contributed by atoms with Crippen molar-refractivity contribution in [3.63, 3.8) is 0 Å². The molecule has 0 fully saturated rings. The quantitative estimate of drug-likeness (QED) is 0.334. The summed E-state index contributed by atoms with van der Waals surface area (Å²) in [7, 11) is 0. The van der Waals surface area contributed by atoms with Crippen LogP contribution in [0.1, 0.15) is 19.8 Å². The third-order valence-corrected chi connectivity index (χ3v) is 1.38. The van der Waals surface area contributed by atoms with Crippen molar-refractivity contribution in [1.82, 2.24) is 16.2 Å². The number of hydrazine groups is 1. The zero-order valence-corrected chi connectivity index (χ0v) is 7.96. The molecule has 0 unspecified atom stereocenters. The summed E-state index contributed by atoms with van der Waals surface area (Å²) < 4.78 is 0. The van der Waals surface area contributed by atoms with Gasteiger partial charge in [-0.2, -0.15) is 0 Å². The molecule has 0 aromatic heterocycles. The second-order valence-electron chi connectivity index (χ2n) is 2.28. The van der Waals surface area contributed by atoms with E-state index in [2.05, 4.69) is 30.0 Å². The molecule has 0 aliphatic carbocycles. The van der Waals surface area contributed by atoms with Gasteiger partial charge in [0, 0.05) is 13.5 Å². The molecule has 0 aromatic rings. The minimum Gasteiger partial charge on any atom is -0.361 e. The molecular weight excluding hydrogens is 174 g/mol. The van der Waals surface area contributed by atoms with Crippen LogP contribution >= 0.6 is 12.2 Å². The highest BCUT2D eigenvalue weighted by Gasteiger charge is 1.93. The zero-order chi connectivity index (χ0) is 9.40. The molecule has 5 heteroatoms. The van der Waals surface area contributed by atoms with Crippen molar-refractivity contribution in [2.24, 2.45) is 0 Å². The Morgan fingerprint density at radius 1 is 1.50 bits per heavy atom. The first kappa shape index (κ1) is 11.2. The molecule has 0 saturated carbocycles. The zero-order valence-electron chi connectivity index (χ0n) is 7.14. The number of amides is 1. The third-order valence-electron chi connectivity index (χ3n) is 1.13. The maximum atomic E-state index is 10.3. The highest BCUT2D eigenvalue weighted by atomic mass is 32.1. The Balaban J connectivity index is 3.28. The van der Waals surface area contributed by atoms with Gasteiger partial charge in [-0.15, -0.1) is 0 Å². The van der Waals surface area contributed by atoms with Crippen molar-refractivity contribution >= 4 is 23.2 Å². The van der Waals surface area contributed by atoms with Gasteiger partial charge in [-0.1, -0.05) is 13.3 Å². The van der Waals surface area contributed by atoms with Gasteiger partial charge in [0.1, 0.15) is 0 Å². The van der Waals surface area contributed by atoms with Gasteiger partial charge in [-0.3, -0.25) is 15.6 Å². The second-order valence-corrected chi connectivity index (χ2v) is 2.69. The minimum atomic E-state index is -0.408. The summed E-state index contributed by atoms with van der Waals surface area (Å²) in [6.07, 6.45) is 2.16. The fraction of sp³-hybridized carbons (Fsp3) is 0.571. The number of nitrogens with one attached hydrogen (secondary N) is 3. The summed E-state index contributed by atoms with van der Waals surface area (Å²) in [5.41, 5.74) is 4.77. The number of hydrogen-bond donors (Lipinski definition) is 3. The first-order valence-electron chi connectivity index (χ1n) is 3.82. The first-order valence-corrected chi connectivity index (χ1v) is 4.23. The molecule has 0 spiro atoms. The summed E-state index contributed by atoms with van der Waals surface area (Å²) >= 11 is 4.82. The Morgan fingerprint density at radius 2 is 2.17 bits per heavy atom. The number of hydrogen-bond acceptors (Lipinski definition) is 2. The van der Waals surface area contributed by atoms with Gasteiger partial charge in [0.05, 0.1) is 0 Å². The molecule has 0 aliphatic heterocycles. The number of thiocarbonyl (C=S) groups is 1. The van der Waals surface area contributed by atoms with E-state index >= 15 is 0 Å². The Bertz CT molecular complexity index is 161. The Hall–Kier alpha value is -0.840. The maximum Gasteiger partial charge on any atom is 0.238 e. The summed E-state index contributed by atoms with van der Waals surface area (Å²) in [5, 5.41) is 3.33. The average Bonchev–Trinajstić information content (AvgIpc) is 2.01. The van der Waals surface area contributed by atoms with Crippen molar-refractivity contribution in [1.29, 1.82) is 0 Å². The average molecular weight is 188 g/mol. The van der Waals surface area contributed by atoms with Crippen LogP contribution in [0.5, 0.6) is 0 Å². The Kier molecular flexibility index (Phi) is 6.37. The normalized spacial score (nSPS) is 8.83. The monoisotopic (exact) mass is 188 g/mol. The second kappa shape index (κ2) is 6.84. The van der Waals surface area contributed by atoms with E-state index in [0.29, 0.717) is 5.11 Å². The van der Waals surface area contributed by atoms with Gasteiger partial charge < -0.3 is 5.32 Å². The summed E-state index contributed by atoms with van der Waals surface area (Å²) in [4.78, 5) is 10.3. The molecule has 0 bridgehead atoms. The standard InChI is InChI=1S/C7H14N3OS/c1-3-4-5-8-7(12)10-9-6(2)11/h2-5H2,1H3,(H,9,11)(H2,8,10,12). The third kappa shape index (κ3) is 7.27. The molecule has 1 radical (unpaired) electrons. The van der Waals surface area contributed by atoms with E-state index in [4.69, 9.17) is 12.2 Å². The van der Waals surface area contributed by atoms with Gasteiger partial charge in [-0.05, 0) is 18.6 Å². The fourth-order valence-electron chi connectivity index (χ4n) is 0.549. The molecular formula is C7H14N3OS. The van der Waals surface area contributed by atoms with Gasteiger partial charge in [0.25, 0.3) is 0 Å². The molecule has 12 heavy (non-hydrogen) atoms. The van der Waals surface area contributed by atoms with E-state index in [1.165, 1.54) is 0 Å². The van der Waals surface area contributed by atoms with Crippen molar-refractivity contribution in [2.75, 3.05) is 6.54 Å². The van der Waals surface area contributed by atoms with Crippen molar-refractivity contribution in [3.8, 4) is 0 Å². The van der Waals surface area contributed by atoms with Crippen LogP contribution < -0.4 is 16.2 Å². The molecule has 0 saturated heterocycles. The first-order chi connectivity index (χ1) is 5.66. The Labute approximate surface area is 78.1 Å². The van der Waals surface area contributed by atoms with Crippen molar-refractivity contribution in [3.05, 3.63) is 6.92 Å². The lowest BCUT2D eigenvalue weighted by Gasteiger charge is -2.09. The van der Waals surface area contributed by atoms with Crippen LogP contribution in [0.25, 0.3) is 0 Å². The molecule has 0 aromatic carbocycles. The molecule has 0 rings (SSSR count). The van der Waals surface area contributed by atoms with E-state index in [0.717, 1.165) is 19.4 Å². The van der Waals surface area contributed by atoms with Gasteiger partial charge in [-0.25, -0.2) is 0 Å². The minimum absolute atomic E-state index is 0.408. The van der Waals surface area contributed by atoms with Crippen LogP contribution in [0.3, 0.4) is 0 Å². The van der Waals surface area contributed by atoms with E-state index in [1.807, 2.05) is 0 Å². The lowest BCUT2D eigenvalue weighted by atomic mass is 10.3. The van der Waals surface area contributed by atoms with Gasteiger partial charge >= 0.3 is 0 Å². The smallest absolute Gasteiger partial charge is 0.238 e. The lowest BCUT2D eigenvalue weighted by molar-refractivity contribution is -0.117. The summed E-state index contributed by atoms with van der Waals surface area (Å²) in [6, 6.07) is 0. The van der Waals surface area contributed by atoms with Gasteiger partial charge in [0.15, 0.2) is 5.11 Å². The van der Waals surface area contributed by atoms with Crippen LogP contribution in [0.2, 0.25) is 0 Å². The summed E-state index contributed by atoms with van der Waals surface area (Å²) in [5.74, 6) is -0.408. The largest absolute Gasteiger partial charge is 0.361 e. The molecule has 4 nitrogen and oxygen atoms in total. The van der Waals surface area contributed by atoms with Gasteiger partial charge in [0.2, 0.25) is 5.91 Å². The molecule has 0 aliphatic rings. The van der Waals surface area contributed by atoms with Crippen molar-refractivity contribution < 1.29 is 4.79 Å². The predicted octanol–water partition coefficient (Wildman–Crippen LogP) is 0.116. The Morgan fingerprint density at radius 3 is 2.67 bits per heavy atom. The van der Waals surface area contributed by atoms with Crippen LogP contribution in [0, 0.1) is 6.92 Å². The SMILES string of the molecule is [CH2]C(=O)NNC(=S)NCCCC. The molecule has 69 valence electrons. The molecule has 0 atom stereocenters. The molecule has 0 heterocycles. The molecule has 1 amide bonds. The topological polar surface area (TPSA) is 53.2 Å². The molecule has 3 N–H and O–H groups in total. The lowest BCUT2D eigenvalue weighted by Crippen LogP contribution is -2.46. The highest BCUT2D eigenvalue weighted by Crippen LogP contribution is 1.81. The predicted molar refractivity (Wildman–Crippen MR) is 52.1 cm³/mol. The number of carbonyl (C=O) groups is 1. The van der Waals surface area contributed by atoms with E-state index in [-0.39, 0.29) is 0 Å². The highest BCUT2D eigenvalue weighted by molar-refractivity contribution is 7.80.